The number of piperidine rings is 1. The largest absolute Gasteiger partial charge is 0.351 e. The molecule has 0 amide bonds. The van der Waals surface area contributed by atoms with Gasteiger partial charge in [0.2, 0.25) is 0 Å². The van der Waals surface area contributed by atoms with Crippen molar-refractivity contribution in [2.45, 2.75) is 39.7 Å². The monoisotopic (exact) mass is 277 g/mol. The first-order valence-corrected chi connectivity index (χ1v) is 7.65. The molecule has 20 heavy (non-hydrogen) atoms. The average molecular weight is 277 g/mol. The van der Waals surface area contributed by atoms with Crippen LogP contribution in [0.3, 0.4) is 0 Å². The van der Waals surface area contributed by atoms with Gasteiger partial charge in [0.25, 0.3) is 0 Å². The molecule has 1 fully saturated rings. The first-order chi connectivity index (χ1) is 9.54. The number of aromatic nitrogens is 1. The highest BCUT2D eigenvalue weighted by Crippen LogP contribution is 2.17. The van der Waals surface area contributed by atoms with Crippen LogP contribution in [-0.2, 0) is 7.05 Å². The second-order valence-corrected chi connectivity index (χ2v) is 5.81. The van der Waals surface area contributed by atoms with E-state index >= 15 is 0 Å². The van der Waals surface area contributed by atoms with Crippen molar-refractivity contribution in [3.63, 3.8) is 0 Å². The molecule has 4 heteroatoms. The van der Waals surface area contributed by atoms with Crippen LogP contribution in [0.15, 0.2) is 6.07 Å². The molecular weight excluding hydrogens is 250 g/mol. The lowest BCUT2D eigenvalue weighted by Crippen LogP contribution is -2.45. The van der Waals surface area contributed by atoms with Gasteiger partial charge in [0.05, 0.1) is 6.54 Å². The fraction of sp³-hybridized carbons (Fsp3) is 0.688. The Bertz CT molecular complexity index is 472. The molecule has 0 radical (unpaired) electrons. The van der Waals surface area contributed by atoms with E-state index < -0.39 is 0 Å². The summed E-state index contributed by atoms with van der Waals surface area (Å²) < 4.78 is 2.09. The molecule has 0 aromatic carbocycles. The summed E-state index contributed by atoms with van der Waals surface area (Å²) in [4.78, 5) is 14.9. The van der Waals surface area contributed by atoms with Gasteiger partial charge in [-0.1, -0.05) is 6.92 Å². The van der Waals surface area contributed by atoms with Crippen molar-refractivity contribution >= 4 is 5.78 Å². The zero-order valence-corrected chi connectivity index (χ0v) is 13.2. The van der Waals surface area contributed by atoms with Crippen LogP contribution in [0.4, 0.5) is 0 Å². The topological polar surface area (TPSA) is 37.3 Å². The van der Waals surface area contributed by atoms with Crippen molar-refractivity contribution in [2.24, 2.45) is 7.05 Å². The van der Waals surface area contributed by atoms with E-state index in [1.54, 1.807) is 0 Å². The number of ketones is 1. The second kappa shape index (κ2) is 6.55. The molecule has 1 aliphatic rings. The Hall–Kier alpha value is -1.13. The van der Waals surface area contributed by atoms with Crippen molar-refractivity contribution in [2.75, 3.05) is 26.2 Å². The van der Waals surface area contributed by atoms with Crippen LogP contribution < -0.4 is 5.32 Å². The summed E-state index contributed by atoms with van der Waals surface area (Å²) in [6.07, 6.45) is 2.29. The maximum atomic E-state index is 12.6. The summed E-state index contributed by atoms with van der Waals surface area (Å²) in [5, 5.41) is 3.38. The number of carbonyl (C=O) groups is 1. The van der Waals surface area contributed by atoms with Gasteiger partial charge in [-0.25, -0.2) is 0 Å². The van der Waals surface area contributed by atoms with Crippen LogP contribution in [0.5, 0.6) is 0 Å². The molecule has 0 atom stereocenters. The van der Waals surface area contributed by atoms with Crippen molar-refractivity contribution in [3.05, 3.63) is 23.0 Å². The molecule has 0 unspecified atom stereocenters. The van der Waals surface area contributed by atoms with Crippen LogP contribution in [0, 0.1) is 13.8 Å². The van der Waals surface area contributed by atoms with E-state index in [4.69, 9.17) is 0 Å². The van der Waals surface area contributed by atoms with Crippen LogP contribution >= 0.6 is 0 Å². The highest BCUT2D eigenvalue weighted by atomic mass is 16.1. The maximum Gasteiger partial charge on any atom is 0.178 e. The van der Waals surface area contributed by atoms with Gasteiger partial charge in [-0.3, -0.25) is 9.69 Å². The number of hydrogen-bond acceptors (Lipinski definition) is 3. The fourth-order valence-corrected chi connectivity index (χ4v) is 3.08. The van der Waals surface area contributed by atoms with Gasteiger partial charge in [-0.15, -0.1) is 0 Å². The van der Waals surface area contributed by atoms with E-state index in [1.807, 2.05) is 27.0 Å². The van der Waals surface area contributed by atoms with Crippen molar-refractivity contribution in [1.29, 1.82) is 0 Å². The molecule has 4 nitrogen and oxygen atoms in total. The lowest BCUT2D eigenvalue weighted by molar-refractivity contribution is 0.0873. The molecule has 1 N–H and O–H groups in total. The molecule has 1 aromatic rings. The summed E-state index contributed by atoms with van der Waals surface area (Å²) in [5.41, 5.74) is 3.11. The Balaban J connectivity index is 2.06. The number of aryl methyl sites for hydroxylation is 1. The smallest absolute Gasteiger partial charge is 0.178 e. The minimum Gasteiger partial charge on any atom is -0.351 e. The van der Waals surface area contributed by atoms with Gasteiger partial charge in [0, 0.05) is 30.0 Å². The zero-order chi connectivity index (χ0) is 14.7. The predicted molar refractivity (Wildman–Crippen MR) is 82.4 cm³/mol. The molecule has 2 rings (SSSR count). The number of likely N-dealkylation sites (N-methyl/N-ethyl adjacent to an activating group) is 1. The number of nitrogens with one attached hydrogen (secondary N) is 1. The van der Waals surface area contributed by atoms with Gasteiger partial charge in [-0.2, -0.15) is 0 Å². The molecule has 1 saturated heterocycles. The summed E-state index contributed by atoms with van der Waals surface area (Å²) in [5.74, 6) is 0.256. The summed E-state index contributed by atoms with van der Waals surface area (Å²) in [6.45, 7) is 9.86. The molecule has 1 aromatic heterocycles. The lowest BCUT2D eigenvalue weighted by Gasteiger charge is -2.33. The lowest BCUT2D eigenvalue weighted by atomic mass is 10.0. The Labute approximate surface area is 122 Å². The van der Waals surface area contributed by atoms with Crippen LogP contribution in [0.1, 0.15) is 41.5 Å². The van der Waals surface area contributed by atoms with Gasteiger partial charge < -0.3 is 9.88 Å². The van der Waals surface area contributed by atoms with E-state index in [0.29, 0.717) is 12.6 Å². The normalized spacial score (nSPS) is 16.9. The Morgan fingerprint density at radius 1 is 1.40 bits per heavy atom. The van der Waals surface area contributed by atoms with E-state index in [2.05, 4.69) is 21.7 Å². The van der Waals surface area contributed by atoms with E-state index in [-0.39, 0.29) is 5.78 Å². The third-order valence-electron chi connectivity index (χ3n) is 4.65. The van der Waals surface area contributed by atoms with Crippen molar-refractivity contribution in [1.82, 2.24) is 14.8 Å². The maximum absolute atomic E-state index is 12.6. The van der Waals surface area contributed by atoms with Crippen LogP contribution in [0.2, 0.25) is 0 Å². The van der Waals surface area contributed by atoms with Gasteiger partial charge in [0.15, 0.2) is 5.78 Å². The first kappa shape index (κ1) is 15.3. The van der Waals surface area contributed by atoms with E-state index in [9.17, 15) is 4.79 Å². The minimum atomic E-state index is 0.256. The summed E-state index contributed by atoms with van der Waals surface area (Å²) in [7, 11) is 2.02. The molecule has 1 aliphatic heterocycles. The Morgan fingerprint density at radius 2 is 2.05 bits per heavy atom. The van der Waals surface area contributed by atoms with Gasteiger partial charge >= 0.3 is 0 Å². The minimum absolute atomic E-state index is 0.256. The number of Topliss-reactive ketones (excluding diaryl/α,β-unsaturated/α-hetero) is 1. The molecule has 0 bridgehead atoms. The van der Waals surface area contributed by atoms with E-state index in [1.165, 1.54) is 0 Å². The molecule has 2 heterocycles. The SMILES string of the molecule is CCN(CC(=O)c1cc(C)n(C)c1C)C1CCNCC1. The molecular formula is C16H27N3O. The standard InChI is InChI=1S/C16H27N3O/c1-5-19(14-6-8-17-9-7-14)11-16(20)15-10-12(2)18(4)13(15)3/h10,14,17H,5-9,11H2,1-4H3. The fourth-order valence-electron chi connectivity index (χ4n) is 3.08. The molecule has 112 valence electrons. The summed E-state index contributed by atoms with van der Waals surface area (Å²) >= 11 is 0. The van der Waals surface area contributed by atoms with Crippen LogP contribution in [0.25, 0.3) is 0 Å². The van der Waals surface area contributed by atoms with Crippen molar-refractivity contribution in [3.8, 4) is 0 Å². The highest BCUT2D eigenvalue weighted by Gasteiger charge is 2.23. The third kappa shape index (κ3) is 3.13. The Kier molecular flexibility index (Phi) is 5.00. The first-order valence-electron chi connectivity index (χ1n) is 7.65. The third-order valence-corrected chi connectivity index (χ3v) is 4.65. The number of hydrogen-bond donors (Lipinski definition) is 1. The molecule has 0 aliphatic carbocycles. The highest BCUT2D eigenvalue weighted by molar-refractivity contribution is 5.99. The Morgan fingerprint density at radius 3 is 2.55 bits per heavy atom. The van der Waals surface area contributed by atoms with Gasteiger partial charge in [0.1, 0.15) is 0 Å². The molecule has 0 spiro atoms. The average Bonchev–Trinajstić information content (AvgIpc) is 2.73. The number of carbonyl (C=O) groups excluding carboxylic acids is 1. The zero-order valence-electron chi connectivity index (χ0n) is 13.2. The predicted octanol–water partition coefficient (Wildman–Crippen LogP) is 1.90. The summed E-state index contributed by atoms with van der Waals surface area (Å²) in [6, 6.07) is 2.57. The second-order valence-electron chi connectivity index (χ2n) is 5.81. The van der Waals surface area contributed by atoms with Gasteiger partial charge in [-0.05, 0) is 52.4 Å². The number of nitrogens with zero attached hydrogens (tertiary/aromatic N) is 2. The van der Waals surface area contributed by atoms with E-state index in [0.717, 1.165) is 49.4 Å². The van der Waals surface area contributed by atoms with Crippen molar-refractivity contribution < 1.29 is 4.79 Å². The van der Waals surface area contributed by atoms with Crippen LogP contribution in [-0.4, -0.2) is 47.5 Å². The molecule has 0 saturated carbocycles. The quantitative estimate of drug-likeness (QED) is 0.835. The number of rotatable bonds is 5.